The van der Waals surface area contributed by atoms with E-state index in [1.54, 1.807) is 29.2 Å². The lowest BCUT2D eigenvalue weighted by atomic mass is 10.1. The van der Waals surface area contributed by atoms with E-state index < -0.39 is 5.97 Å². The van der Waals surface area contributed by atoms with Gasteiger partial charge in [0.05, 0.1) is 11.3 Å². The molecule has 160 valence electrons. The molecular formula is C24H21N5O3. The van der Waals surface area contributed by atoms with Gasteiger partial charge in [0, 0.05) is 13.1 Å². The van der Waals surface area contributed by atoms with Crippen LogP contribution in [0.5, 0.6) is 0 Å². The molecule has 1 aromatic heterocycles. The van der Waals surface area contributed by atoms with E-state index in [0.717, 1.165) is 11.1 Å². The minimum Gasteiger partial charge on any atom is -0.452 e. The number of carbonyl (C=O) groups excluding carboxylic acids is 2. The Labute approximate surface area is 185 Å². The fourth-order valence-electron chi connectivity index (χ4n) is 3.25. The van der Waals surface area contributed by atoms with Gasteiger partial charge in [-0.25, -0.2) is 4.79 Å². The molecule has 4 rings (SSSR count). The van der Waals surface area contributed by atoms with Gasteiger partial charge >= 0.3 is 5.97 Å². The smallest absolute Gasteiger partial charge is 0.340 e. The Morgan fingerprint density at radius 2 is 1.41 bits per heavy atom. The third-order valence-electron chi connectivity index (χ3n) is 4.83. The van der Waals surface area contributed by atoms with Crippen molar-refractivity contribution in [1.82, 2.24) is 25.1 Å². The molecule has 0 N–H and O–H groups in total. The van der Waals surface area contributed by atoms with Crippen molar-refractivity contribution in [2.45, 2.75) is 13.1 Å². The summed E-state index contributed by atoms with van der Waals surface area (Å²) < 4.78 is 6.74. The van der Waals surface area contributed by atoms with Gasteiger partial charge in [-0.1, -0.05) is 72.8 Å². The topological polar surface area (TPSA) is 90.2 Å². The van der Waals surface area contributed by atoms with Crippen LogP contribution in [0.25, 0.3) is 5.69 Å². The lowest BCUT2D eigenvalue weighted by Gasteiger charge is -2.23. The zero-order valence-corrected chi connectivity index (χ0v) is 17.2. The van der Waals surface area contributed by atoms with Gasteiger partial charge in [-0.15, -0.1) is 5.10 Å². The van der Waals surface area contributed by atoms with Gasteiger partial charge < -0.3 is 9.64 Å². The number of aromatic nitrogens is 4. The Morgan fingerprint density at radius 3 is 2.00 bits per heavy atom. The molecule has 4 aromatic rings. The molecule has 0 unspecified atom stereocenters. The molecule has 1 heterocycles. The van der Waals surface area contributed by atoms with Crippen LogP contribution >= 0.6 is 0 Å². The highest BCUT2D eigenvalue weighted by Gasteiger charge is 2.20. The minimum absolute atomic E-state index is 0.269. The van der Waals surface area contributed by atoms with E-state index in [9.17, 15) is 9.59 Å². The molecule has 32 heavy (non-hydrogen) atoms. The molecule has 3 aromatic carbocycles. The van der Waals surface area contributed by atoms with Crippen LogP contribution in [0.15, 0.2) is 91.3 Å². The maximum absolute atomic E-state index is 13.0. The molecule has 0 saturated heterocycles. The van der Waals surface area contributed by atoms with Gasteiger partial charge in [-0.05, 0) is 33.7 Å². The molecule has 0 saturated carbocycles. The number of benzene rings is 3. The first-order valence-corrected chi connectivity index (χ1v) is 10.1. The number of nitrogens with zero attached hydrogens (tertiary/aromatic N) is 5. The third kappa shape index (κ3) is 5.23. The van der Waals surface area contributed by atoms with Crippen molar-refractivity contribution in [2.24, 2.45) is 0 Å². The molecule has 8 nitrogen and oxygen atoms in total. The predicted octanol–water partition coefficient (Wildman–Crippen LogP) is 3.05. The van der Waals surface area contributed by atoms with E-state index >= 15 is 0 Å². The van der Waals surface area contributed by atoms with Crippen LogP contribution < -0.4 is 0 Å². The SMILES string of the molecule is O=C(OCC(=O)N(Cc1ccccc1)Cc1ccccc1)c1ccccc1-n1cnnn1. The van der Waals surface area contributed by atoms with Crippen molar-refractivity contribution < 1.29 is 14.3 Å². The number of hydrogen-bond donors (Lipinski definition) is 0. The van der Waals surface area contributed by atoms with E-state index in [4.69, 9.17) is 4.74 Å². The Kier molecular flexibility index (Phi) is 6.62. The fourth-order valence-corrected chi connectivity index (χ4v) is 3.25. The van der Waals surface area contributed by atoms with E-state index in [1.807, 2.05) is 60.7 Å². The lowest BCUT2D eigenvalue weighted by Crippen LogP contribution is -2.34. The number of rotatable bonds is 8. The van der Waals surface area contributed by atoms with Crippen molar-refractivity contribution in [3.63, 3.8) is 0 Å². The largest absolute Gasteiger partial charge is 0.452 e. The molecular weight excluding hydrogens is 406 g/mol. The predicted molar refractivity (Wildman–Crippen MR) is 117 cm³/mol. The van der Waals surface area contributed by atoms with Crippen LogP contribution in [-0.4, -0.2) is 43.6 Å². The zero-order valence-electron chi connectivity index (χ0n) is 17.2. The summed E-state index contributed by atoms with van der Waals surface area (Å²) in [6.07, 6.45) is 1.39. The van der Waals surface area contributed by atoms with Gasteiger partial charge in [0.15, 0.2) is 6.61 Å². The summed E-state index contributed by atoms with van der Waals surface area (Å²) in [7, 11) is 0. The number of esters is 1. The summed E-state index contributed by atoms with van der Waals surface area (Å²) in [6.45, 7) is 0.448. The van der Waals surface area contributed by atoms with Gasteiger partial charge in [-0.2, -0.15) is 4.68 Å². The monoisotopic (exact) mass is 427 g/mol. The van der Waals surface area contributed by atoms with Crippen molar-refractivity contribution in [3.05, 3.63) is 108 Å². The highest BCUT2D eigenvalue weighted by Crippen LogP contribution is 2.15. The Balaban J connectivity index is 1.47. The maximum atomic E-state index is 13.0. The van der Waals surface area contributed by atoms with E-state index in [-0.39, 0.29) is 18.1 Å². The van der Waals surface area contributed by atoms with Gasteiger partial charge in [0.1, 0.15) is 6.33 Å². The van der Waals surface area contributed by atoms with Crippen LogP contribution in [0.1, 0.15) is 21.5 Å². The van der Waals surface area contributed by atoms with Crippen LogP contribution in [-0.2, 0) is 22.6 Å². The second-order valence-corrected chi connectivity index (χ2v) is 7.07. The average Bonchev–Trinajstić information content (AvgIpc) is 3.38. The van der Waals surface area contributed by atoms with Crippen molar-refractivity contribution in [3.8, 4) is 5.69 Å². The molecule has 8 heteroatoms. The number of carbonyl (C=O) groups is 2. The van der Waals surface area contributed by atoms with E-state index in [2.05, 4.69) is 15.5 Å². The summed E-state index contributed by atoms with van der Waals surface area (Å²) in [5.41, 5.74) is 2.73. The highest BCUT2D eigenvalue weighted by atomic mass is 16.5. The summed E-state index contributed by atoms with van der Waals surface area (Å²) in [5, 5.41) is 11.0. The first-order chi connectivity index (χ1) is 15.7. The minimum atomic E-state index is -0.621. The average molecular weight is 427 g/mol. The summed E-state index contributed by atoms with van der Waals surface area (Å²) in [5.74, 6) is -0.908. The molecule has 1 amide bonds. The number of tetrazole rings is 1. The zero-order chi connectivity index (χ0) is 22.2. The van der Waals surface area contributed by atoms with Gasteiger partial charge in [-0.3, -0.25) is 4.79 Å². The second-order valence-electron chi connectivity index (χ2n) is 7.07. The maximum Gasteiger partial charge on any atom is 0.340 e. The Bertz CT molecular complexity index is 1120. The first-order valence-electron chi connectivity index (χ1n) is 10.1. The van der Waals surface area contributed by atoms with Crippen LogP contribution in [0.4, 0.5) is 0 Å². The molecule has 0 fully saturated rings. The standard InChI is InChI=1S/C24H21N5O3/c30-23(17-32-24(31)21-13-7-8-14-22(21)29-18-25-26-27-29)28(15-19-9-3-1-4-10-19)16-20-11-5-2-6-12-20/h1-14,18H,15-17H2. The van der Waals surface area contributed by atoms with Gasteiger partial charge in [0.25, 0.3) is 5.91 Å². The van der Waals surface area contributed by atoms with E-state index in [1.165, 1.54) is 11.0 Å². The van der Waals surface area contributed by atoms with Crippen LogP contribution in [0.2, 0.25) is 0 Å². The summed E-state index contributed by atoms with van der Waals surface area (Å²) in [4.78, 5) is 27.4. The van der Waals surface area contributed by atoms with Crippen molar-refractivity contribution >= 4 is 11.9 Å². The second kappa shape index (κ2) is 10.1. The van der Waals surface area contributed by atoms with Gasteiger partial charge in [0.2, 0.25) is 0 Å². The summed E-state index contributed by atoms with van der Waals surface area (Å²) >= 11 is 0. The molecule has 0 atom stereocenters. The number of amides is 1. The number of hydrogen-bond acceptors (Lipinski definition) is 6. The quantitative estimate of drug-likeness (QED) is 0.402. The normalized spacial score (nSPS) is 10.5. The molecule has 0 aliphatic rings. The number of para-hydroxylation sites is 1. The molecule has 0 aliphatic heterocycles. The summed E-state index contributed by atoms with van der Waals surface area (Å²) in [6, 6.07) is 26.2. The Hall–Kier alpha value is -4.33. The molecule has 0 aliphatic carbocycles. The highest BCUT2D eigenvalue weighted by molar-refractivity contribution is 5.94. The lowest BCUT2D eigenvalue weighted by molar-refractivity contribution is -0.135. The fraction of sp³-hybridized carbons (Fsp3) is 0.125. The molecule has 0 bridgehead atoms. The first kappa shape index (κ1) is 20.9. The molecule has 0 radical (unpaired) electrons. The van der Waals surface area contributed by atoms with Crippen LogP contribution in [0.3, 0.4) is 0 Å². The third-order valence-corrected chi connectivity index (χ3v) is 4.83. The van der Waals surface area contributed by atoms with E-state index in [0.29, 0.717) is 18.8 Å². The number of ether oxygens (including phenoxy) is 1. The van der Waals surface area contributed by atoms with Crippen molar-refractivity contribution in [2.75, 3.05) is 6.61 Å². The van der Waals surface area contributed by atoms with Crippen LogP contribution in [0, 0.1) is 0 Å². The Morgan fingerprint density at radius 1 is 0.812 bits per heavy atom. The van der Waals surface area contributed by atoms with Crippen molar-refractivity contribution in [1.29, 1.82) is 0 Å². The molecule has 0 spiro atoms.